The first kappa shape index (κ1) is 21.4. The molecule has 0 aliphatic rings. The molecule has 0 N–H and O–H groups in total. The Morgan fingerprint density at radius 2 is 1.81 bits per heavy atom. The Morgan fingerprint density at radius 3 is 2.29 bits per heavy atom. The molecule has 0 aliphatic heterocycles. The van der Waals surface area contributed by atoms with Crippen molar-refractivity contribution in [2.75, 3.05) is 33.7 Å². The van der Waals surface area contributed by atoms with Crippen molar-refractivity contribution in [2.24, 2.45) is 0 Å². The topological polar surface area (TPSA) is 54.0 Å². The molecule has 5 nitrogen and oxygen atoms in total. The first-order chi connectivity index (χ1) is 9.94. The number of thiocarbonyl (C=S) groups is 1. The molecule has 0 radical (unpaired) electrons. The summed E-state index contributed by atoms with van der Waals surface area (Å²) < 4.78 is 21.6. The molecule has 124 valence electrons. The normalized spacial score (nSPS) is 13.0. The van der Waals surface area contributed by atoms with Crippen LogP contribution in [0.5, 0.6) is 0 Å². The highest BCUT2D eigenvalue weighted by Gasteiger charge is 2.36. The summed E-state index contributed by atoms with van der Waals surface area (Å²) in [6.45, 7) is 4.23. The summed E-state index contributed by atoms with van der Waals surface area (Å²) in [5, 5.41) is -0.107. The molecule has 9 heteroatoms. The van der Waals surface area contributed by atoms with Gasteiger partial charge in [-0.25, -0.2) is 0 Å². The van der Waals surface area contributed by atoms with Gasteiger partial charge in [-0.2, -0.15) is 0 Å². The predicted octanol–water partition coefficient (Wildman–Crippen LogP) is 2.96. The lowest BCUT2D eigenvalue weighted by molar-refractivity contribution is -0.110. The summed E-state index contributed by atoms with van der Waals surface area (Å²) in [6.07, 6.45) is 0.797. The second-order valence-electron chi connectivity index (χ2n) is 4.01. The van der Waals surface area contributed by atoms with Gasteiger partial charge in [-0.3, -0.25) is 4.79 Å². The highest BCUT2D eigenvalue weighted by atomic mass is 32.2. The van der Waals surface area contributed by atoms with Crippen LogP contribution in [0.4, 0.5) is 0 Å². The van der Waals surface area contributed by atoms with Gasteiger partial charge in [-0.05, 0) is 32.5 Å². The molecular formula is C12H24O5S3Si. The van der Waals surface area contributed by atoms with Crippen LogP contribution in [0.1, 0.15) is 20.3 Å². The number of ether oxygens (including phenoxy) is 1. The number of thioether (sulfide) groups is 2. The van der Waals surface area contributed by atoms with E-state index in [0.29, 0.717) is 22.8 Å². The molecule has 0 amide bonds. The highest BCUT2D eigenvalue weighted by Crippen LogP contribution is 2.23. The smallest absolute Gasteiger partial charge is 0.479 e. The number of carbonyl (C=O) groups is 1. The van der Waals surface area contributed by atoms with E-state index in [9.17, 15) is 4.79 Å². The van der Waals surface area contributed by atoms with E-state index >= 15 is 0 Å². The number of hydrogen-bond acceptors (Lipinski definition) is 8. The van der Waals surface area contributed by atoms with Crippen LogP contribution in [0.15, 0.2) is 0 Å². The molecule has 0 aromatic heterocycles. The van der Waals surface area contributed by atoms with E-state index in [2.05, 4.69) is 0 Å². The van der Waals surface area contributed by atoms with Gasteiger partial charge in [-0.15, -0.1) is 0 Å². The zero-order valence-electron chi connectivity index (χ0n) is 13.2. The van der Waals surface area contributed by atoms with Gasteiger partial charge in [-0.1, -0.05) is 23.5 Å². The SMILES string of the molecule is CCOC(=S)SC(C)C(=O)SCCC[Si](OC)(OC)OC. The third kappa shape index (κ3) is 8.53. The van der Waals surface area contributed by atoms with E-state index in [-0.39, 0.29) is 10.4 Å². The Labute approximate surface area is 142 Å². The van der Waals surface area contributed by atoms with Crippen LogP contribution in [0.3, 0.4) is 0 Å². The van der Waals surface area contributed by atoms with E-state index in [0.717, 1.165) is 6.42 Å². The fourth-order valence-electron chi connectivity index (χ4n) is 1.48. The predicted molar refractivity (Wildman–Crippen MR) is 94.9 cm³/mol. The second kappa shape index (κ2) is 11.9. The quantitative estimate of drug-likeness (QED) is 0.330. The van der Waals surface area contributed by atoms with Gasteiger partial charge < -0.3 is 18.0 Å². The van der Waals surface area contributed by atoms with Crippen LogP contribution in [-0.4, -0.2) is 57.2 Å². The van der Waals surface area contributed by atoms with E-state index in [1.165, 1.54) is 23.5 Å². The zero-order chi connectivity index (χ0) is 16.3. The van der Waals surface area contributed by atoms with Gasteiger partial charge in [0, 0.05) is 33.1 Å². The molecule has 0 rings (SSSR count). The molecule has 21 heavy (non-hydrogen) atoms. The van der Waals surface area contributed by atoms with E-state index in [1.54, 1.807) is 21.3 Å². The largest absolute Gasteiger partial charge is 0.500 e. The lowest BCUT2D eigenvalue weighted by Gasteiger charge is -2.24. The monoisotopic (exact) mass is 372 g/mol. The Hall–Kier alpha value is 0.357. The summed E-state index contributed by atoms with van der Waals surface area (Å²) in [6, 6.07) is 0.690. The maximum absolute atomic E-state index is 12.0. The van der Waals surface area contributed by atoms with Crippen LogP contribution < -0.4 is 0 Å². The summed E-state index contributed by atoms with van der Waals surface area (Å²) in [5.74, 6) is 0.704. The molecule has 1 unspecified atom stereocenters. The van der Waals surface area contributed by atoms with Crippen molar-refractivity contribution in [2.45, 2.75) is 31.6 Å². The van der Waals surface area contributed by atoms with Crippen molar-refractivity contribution in [3.63, 3.8) is 0 Å². The number of hydrogen-bond donors (Lipinski definition) is 0. The van der Waals surface area contributed by atoms with Gasteiger partial charge in [0.1, 0.15) is 0 Å². The third-order valence-electron chi connectivity index (χ3n) is 2.67. The average molecular weight is 373 g/mol. The van der Waals surface area contributed by atoms with Crippen LogP contribution in [0.25, 0.3) is 0 Å². The highest BCUT2D eigenvalue weighted by molar-refractivity contribution is 8.25. The molecule has 0 bridgehead atoms. The first-order valence-corrected chi connectivity index (χ1v) is 10.8. The fraction of sp³-hybridized carbons (Fsp3) is 0.833. The minimum Gasteiger partial charge on any atom is -0.479 e. The molecular weight excluding hydrogens is 348 g/mol. The van der Waals surface area contributed by atoms with Crippen LogP contribution in [0.2, 0.25) is 6.04 Å². The van der Waals surface area contributed by atoms with E-state index in [1.807, 2.05) is 13.8 Å². The van der Waals surface area contributed by atoms with Crippen molar-refractivity contribution in [3.8, 4) is 0 Å². The first-order valence-electron chi connectivity index (χ1n) is 6.60. The van der Waals surface area contributed by atoms with Gasteiger partial charge in [0.2, 0.25) is 9.50 Å². The molecule has 0 aromatic carbocycles. The molecule has 0 spiro atoms. The molecule has 0 heterocycles. The maximum atomic E-state index is 12.0. The van der Waals surface area contributed by atoms with E-state index in [4.69, 9.17) is 30.2 Å². The standard InChI is InChI=1S/C12H24O5S3Si/c1-6-17-12(18)20-10(2)11(13)19-8-7-9-21(14-3,15-4)16-5/h10H,6-9H2,1-5H3. The minimum absolute atomic E-state index is 0.0987. The van der Waals surface area contributed by atoms with Crippen LogP contribution >= 0.6 is 35.7 Å². The number of carbonyl (C=O) groups excluding carboxylic acids is 1. The second-order valence-corrected chi connectivity index (χ2v) is 10.1. The Bertz CT molecular complexity index is 318. The third-order valence-corrected chi connectivity index (χ3v) is 8.07. The minimum atomic E-state index is -2.52. The lowest BCUT2D eigenvalue weighted by atomic mass is 10.5. The number of rotatable bonds is 10. The maximum Gasteiger partial charge on any atom is 0.500 e. The lowest BCUT2D eigenvalue weighted by Crippen LogP contribution is -2.42. The summed E-state index contributed by atoms with van der Waals surface area (Å²) >= 11 is 7.60. The van der Waals surface area contributed by atoms with Crippen molar-refractivity contribution in [1.29, 1.82) is 0 Å². The summed E-state index contributed by atoms with van der Waals surface area (Å²) in [7, 11) is 2.24. The molecule has 0 aliphatic carbocycles. The Kier molecular flexibility index (Phi) is 12.1. The van der Waals surface area contributed by atoms with Gasteiger partial charge in [0.25, 0.3) is 0 Å². The van der Waals surface area contributed by atoms with Crippen molar-refractivity contribution >= 4 is 54.0 Å². The summed E-state index contributed by atoms with van der Waals surface area (Å²) in [4.78, 5) is 12.0. The molecule has 0 saturated heterocycles. The molecule has 0 fully saturated rings. The summed E-state index contributed by atoms with van der Waals surface area (Å²) in [5.41, 5.74) is 0. The van der Waals surface area contributed by atoms with Gasteiger partial charge in [0.05, 0.1) is 11.9 Å². The van der Waals surface area contributed by atoms with Crippen LogP contribution in [0, 0.1) is 0 Å². The van der Waals surface area contributed by atoms with Gasteiger partial charge in [0.15, 0.2) is 0 Å². The Morgan fingerprint density at radius 1 is 1.24 bits per heavy atom. The van der Waals surface area contributed by atoms with Crippen molar-refractivity contribution in [3.05, 3.63) is 0 Å². The fourth-order valence-corrected chi connectivity index (χ4v) is 5.65. The van der Waals surface area contributed by atoms with Crippen molar-refractivity contribution in [1.82, 2.24) is 0 Å². The Balaban J connectivity index is 4.01. The zero-order valence-corrected chi connectivity index (χ0v) is 16.6. The van der Waals surface area contributed by atoms with Crippen LogP contribution in [-0.2, 0) is 22.8 Å². The molecule has 0 saturated carbocycles. The van der Waals surface area contributed by atoms with E-state index < -0.39 is 8.80 Å². The van der Waals surface area contributed by atoms with Crippen molar-refractivity contribution < 1.29 is 22.8 Å². The molecule has 1 atom stereocenters. The average Bonchev–Trinajstić information content (AvgIpc) is 2.48. The van der Waals surface area contributed by atoms with Gasteiger partial charge >= 0.3 is 8.80 Å². The molecule has 0 aromatic rings.